The van der Waals surface area contributed by atoms with Crippen molar-refractivity contribution in [3.63, 3.8) is 0 Å². The molecule has 22 heavy (non-hydrogen) atoms. The Morgan fingerprint density at radius 2 is 2.14 bits per heavy atom. The molecule has 0 unspecified atom stereocenters. The number of nitrogens with zero attached hydrogens (tertiary/aromatic N) is 4. The lowest BCUT2D eigenvalue weighted by atomic mass is 9.69. The van der Waals surface area contributed by atoms with E-state index in [0.29, 0.717) is 11.9 Å². The van der Waals surface area contributed by atoms with E-state index in [1.54, 1.807) is 0 Å². The average Bonchev–Trinajstić information content (AvgIpc) is 3.01. The van der Waals surface area contributed by atoms with Crippen molar-refractivity contribution in [2.75, 3.05) is 13.1 Å². The quantitative estimate of drug-likeness (QED) is 0.803. The second-order valence-electron chi connectivity index (χ2n) is 7.05. The van der Waals surface area contributed by atoms with Gasteiger partial charge in [-0.05, 0) is 39.3 Å². The van der Waals surface area contributed by atoms with Crippen LogP contribution in [0.15, 0.2) is 17.4 Å². The molecule has 1 saturated carbocycles. The molecule has 0 spiro atoms. The van der Waals surface area contributed by atoms with Gasteiger partial charge in [0.2, 0.25) is 5.91 Å². The van der Waals surface area contributed by atoms with Gasteiger partial charge in [0.25, 0.3) is 0 Å². The zero-order chi connectivity index (χ0) is 15.7. The third-order valence-electron chi connectivity index (χ3n) is 5.48. The van der Waals surface area contributed by atoms with E-state index in [1.165, 1.54) is 6.42 Å². The van der Waals surface area contributed by atoms with Gasteiger partial charge in [0, 0.05) is 30.3 Å². The lowest BCUT2D eigenvalue weighted by Crippen LogP contribution is -2.49. The van der Waals surface area contributed by atoms with Crippen LogP contribution in [0.3, 0.4) is 0 Å². The smallest absolute Gasteiger partial charge is 0.228 e. The van der Waals surface area contributed by atoms with Crippen LogP contribution in [0, 0.1) is 5.41 Å². The van der Waals surface area contributed by atoms with Gasteiger partial charge in [-0.15, -0.1) is 0 Å². The van der Waals surface area contributed by atoms with Gasteiger partial charge in [-0.25, -0.2) is 0 Å². The Labute approximate surface area is 132 Å². The van der Waals surface area contributed by atoms with Crippen molar-refractivity contribution in [1.82, 2.24) is 14.7 Å². The van der Waals surface area contributed by atoms with Crippen molar-refractivity contribution >= 4 is 12.6 Å². The molecule has 0 N–H and O–H groups in total. The number of amides is 1. The number of hydrogen-bond donors (Lipinski definition) is 0. The minimum absolute atomic E-state index is 0.0727. The van der Waals surface area contributed by atoms with Crippen molar-refractivity contribution in [2.45, 2.75) is 58.0 Å². The van der Waals surface area contributed by atoms with Gasteiger partial charge < -0.3 is 4.90 Å². The van der Waals surface area contributed by atoms with Crippen molar-refractivity contribution < 1.29 is 4.79 Å². The molecule has 5 nitrogen and oxygen atoms in total. The zero-order valence-electron chi connectivity index (χ0n) is 13.7. The summed E-state index contributed by atoms with van der Waals surface area (Å²) in [6.45, 7) is 9.44. The maximum atomic E-state index is 12.6. The van der Waals surface area contributed by atoms with E-state index in [-0.39, 0.29) is 11.5 Å². The second kappa shape index (κ2) is 5.86. The first-order valence-electron chi connectivity index (χ1n) is 8.33. The number of carbonyl (C=O) groups is 1. The second-order valence-corrected chi connectivity index (χ2v) is 7.05. The molecule has 1 atom stereocenters. The molecule has 0 aromatic carbocycles. The maximum Gasteiger partial charge on any atom is 0.228 e. The van der Waals surface area contributed by atoms with Crippen LogP contribution >= 0.6 is 0 Å². The molecule has 0 bridgehead atoms. The van der Waals surface area contributed by atoms with Crippen LogP contribution in [-0.4, -0.2) is 40.4 Å². The first-order chi connectivity index (χ1) is 10.5. The number of hydrogen-bond acceptors (Lipinski definition) is 3. The normalized spacial score (nSPS) is 22.9. The Morgan fingerprint density at radius 1 is 1.45 bits per heavy atom. The Kier molecular flexibility index (Phi) is 4.06. The van der Waals surface area contributed by atoms with Crippen LogP contribution in [0.1, 0.15) is 63.6 Å². The molecule has 1 amide bonds. The lowest BCUT2D eigenvalue weighted by Gasteiger charge is -2.43. The Bertz CT molecular complexity index is 553. The Hall–Kier alpha value is -1.65. The van der Waals surface area contributed by atoms with E-state index in [0.717, 1.165) is 44.3 Å². The predicted molar refractivity (Wildman–Crippen MR) is 87.0 cm³/mol. The molecule has 0 radical (unpaired) electrons. The zero-order valence-corrected chi connectivity index (χ0v) is 13.7. The van der Waals surface area contributed by atoms with Crippen LogP contribution in [0.2, 0.25) is 0 Å². The van der Waals surface area contributed by atoms with Crippen LogP contribution in [0.4, 0.5) is 0 Å². The highest BCUT2D eigenvalue weighted by atomic mass is 16.2. The van der Waals surface area contributed by atoms with E-state index in [9.17, 15) is 4.79 Å². The molecule has 3 rings (SSSR count). The van der Waals surface area contributed by atoms with Gasteiger partial charge in [0.15, 0.2) is 0 Å². The highest BCUT2D eigenvalue weighted by molar-refractivity contribution is 5.83. The number of carbonyl (C=O) groups excluding carboxylic acids is 1. The van der Waals surface area contributed by atoms with Gasteiger partial charge in [-0.1, -0.05) is 13.3 Å². The summed E-state index contributed by atoms with van der Waals surface area (Å²) in [7, 11) is 0. The molecule has 1 saturated heterocycles. The predicted octanol–water partition coefficient (Wildman–Crippen LogP) is 3.00. The van der Waals surface area contributed by atoms with Gasteiger partial charge >= 0.3 is 0 Å². The molecule has 2 aliphatic rings. The van der Waals surface area contributed by atoms with Gasteiger partial charge in [0.05, 0.1) is 18.3 Å². The third-order valence-corrected chi connectivity index (χ3v) is 5.48. The maximum absolute atomic E-state index is 12.6. The molecule has 1 aliphatic carbocycles. The molecule has 120 valence electrons. The Morgan fingerprint density at radius 3 is 2.68 bits per heavy atom. The van der Waals surface area contributed by atoms with Crippen molar-refractivity contribution in [3.05, 3.63) is 18.0 Å². The highest BCUT2D eigenvalue weighted by Crippen LogP contribution is 2.42. The average molecular weight is 302 g/mol. The van der Waals surface area contributed by atoms with Crippen molar-refractivity contribution in [3.8, 4) is 0 Å². The summed E-state index contributed by atoms with van der Waals surface area (Å²) in [6, 6.07) is 0.484. The number of aliphatic imine (C=N–C) groups is 1. The van der Waals surface area contributed by atoms with Gasteiger partial charge in [-0.3, -0.25) is 14.5 Å². The first kappa shape index (κ1) is 15.3. The number of piperidine rings is 1. The van der Waals surface area contributed by atoms with E-state index in [1.807, 2.05) is 17.8 Å². The van der Waals surface area contributed by atoms with Gasteiger partial charge in [0.1, 0.15) is 0 Å². The minimum atomic E-state index is -0.0727. The minimum Gasteiger partial charge on any atom is -0.342 e. The third kappa shape index (κ3) is 2.69. The molecule has 2 fully saturated rings. The standard InChI is InChI=1S/C17H26N4O/c1-13(18-3)14-11-19-21(12-14)15-5-9-20(10-6-15)16(22)17(2)7-4-8-17/h11-13,15H,3-10H2,1-2H3/t13-/m1/s1. The summed E-state index contributed by atoms with van der Waals surface area (Å²) in [6.07, 6.45) is 9.24. The molecule has 1 aliphatic heterocycles. The van der Waals surface area contributed by atoms with Crippen LogP contribution in [0.25, 0.3) is 0 Å². The van der Waals surface area contributed by atoms with Crippen LogP contribution < -0.4 is 0 Å². The fourth-order valence-corrected chi connectivity index (χ4v) is 3.51. The van der Waals surface area contributed by atoms with E-state index in [4.69, 9.17) is 0 Å². The summed E-state index contributed by atoms with van der Waals surface area (Å²) >= 11 is 0. The summed E-state index contributed by atoms with van der Waals surface area (Å²) in [5, 5.41) is 4.48. The summed E-state index contributed by atoms with van der Waals surface area (Å²) in [5.74, 6) is 0.364. The first-order valence-corrected chi connectivity index (χ1v) is 8.33. The van der Waals surface area contributed by atoms with Crippen LogP contribution in [-0.2, 0) is 4.79 Å². The molecule has 2 heterocycles. The van der Waals surface area contributed by atoms with E-state index < -0.39 is 0 Å². The fraction of sp³-hybridized carbons (Fsp3) is 0.706. The number of likely N-dealkylation sites (tertiary alicyclic amines) is 1. The fourth-order valence-electron chi connectivity index (χ4n) is 3.51. The number of rotatable bonds is 4. The SMILES string of the molecule is C=N[C@H](C)c1cnn(C2CCN(C(=O)C3(C)CCC3)CC2)c1. The number of aromatic nitrogens is 2. The van der Waals surface area contributed by atoms with Crippen molar-refractivity contribution in [1.29, 1.82) is 0 Å². The molecular weight excluding hydrogens is 276 g/mol. The Balaban J connectivity index is 1.58. The van der Waals surface area contributed by atoms with E-state index >= 15 is 0 Å². The molecular formula is C17H26N4O. The molecule has 1 aromatic heterocycles. The van der Waals surface area contributed by atoms with Crippen molar-refractivity contribution in [2.24, 2.45) is 10.4 Å². The van der Waals surface area contributed by atoms with Crippen LogP contribution in [0.5, 0.6) is 0 Å². The highest BCUT2D eigenvalue weighted by Gasteiger charge is 2.42. The van der Waals surface area contributed by atoms with E-state index in [2.05, 4.69) is 34.8 Å². The largest absolute Gasteiger partial charge is 0.342 e. The lowest BCUT2D eigenvalue weighted by molar-refractivity contribution is -0.147. The summed E-state index contributed by atoms with van der Waals surface area (Å²) in [5.41, 5.74) is 1.03. The van der Waals surface area contributed by atoms with Gasteiger partial charge in [-0.2, -0.15) is 5.10 Å². The molecule has 5 heteroatoms. The molecule has 1 aromatic rings. The summed E-state index contributed by atoms with van der Waals surface area (Å²) in [4.78, 5) is 18.7. The summed E-state index contributed by atoms with van der Waals surface area (Å²) < 4.78 is 2.05. The monoisotopic (exact) mass is 302 g/mol. The topological polar surface area (TPSA) is 50.5 Å².